The number of anilines is 1. The van der Waals surface area contributed by atoms with Gasteiger partial charge in [0, 0.05) is 17.9 Å². The second-order valence-corrected chi connectivity index (χ2v) is 7.70. The van der Waals surface area contributed by atoms with Gasteiger partial charge in [-0.3, -0.25) is 9.36 Å². The van der Waals surface area contributed by atoms with Crippen molar-refractivity contribution >= 4 is 23.5 Å². The number of carbonyl (C=O) groups excluding carboxylic acids is 1. The summed E-state index contributed by atoms with van der Waals surface area (Å²) in [6.45, 7) is 2.58. The molecule has 148 valence electrons. The van der Waals surface area contributed by atoms with Crippen molar-refractivity contribution < 1.29 is 4.79 Å². The van der Waals surface area contributed by atoms with E-state index in [1.165, 1.54) is 11.8 Å². The number of fused-ring (bicyclic) bond motifs is 1. The van der Waals surface area contributed by atoms with Gasteiger partial charge in [0.2, 0.25) is 11.1 Å². The van der Waals surface area contributed by atoms with Gasteiger partial charge in [-0.05, 0) is 60.7 Å². The van der Waals surface area contributed by atoms with Crippen LogP contribution in [0.5, 0.6) is 0 Å². The van der Waals surface area contributed by atoms with Gasteiger partial charge in [0.25, 0.3) is 0 Å². The summed E-state index contributed by atoms with van der Waals surface area (Å²) in [6.07, 6.45) is 3.90. The molecule has 1 aromatic carbocycles. The fourth-order valence-corrected chi connectivity index (χ4v) is 4.43. The summed E-state index contributed by atoms with van der Waals surface area (Å²) in [5, 5.41) is 24.9. The third kappa shape index (κ3) is 3.76. The molecule has 29 heavy (non-hydrogen) atoms. The van der Waals surface area contributed by atoms with Gasteiger partial charge in [-0.2, -0.15) is 5.26 Å². The van der Waals surface area contributed by atoms with Crippen LogP contribution in [0.15, 0.2) is 35.5 Å². The van der Waals surface area contributed by atoms with Gasteiger partial charge in [-0.25, -0.2) is 4.68 Å². The van der Waals surface area contributed by atoms with E-state index in [4.69, 9.17) is 0 Å². The van der Waals surface area contributed by atoms with Gasteiger partial charge in [0.15, 0.2) is 0 Å². The number of hydrogen-bond acceptors (Lipinski definition) is 6. The number of nitrogens with one attached hydrogen (secondary N) is 1. The minimum Gasteiger partial charge on any atom is -0.310 e. The molecule has 0 aliphatic heterocycles. The summed E-state index contributed by atoms with van der Waals surface area (Å²) < 4.78 is 3.68. The number of aryl methyl sites for hydroxylation is 1. The average Bonchev–Trinajstić information content (AvgIpc) is 3.34. The first-order valence-corrected chi connectivity index (χ1v) is 10.6. The Hall–Kier alpha value is -3.12. The molecule has 0 unspecified atom stereocenters. The molecule has 0 bridgehead atoms. The van der Waals surface area contributed by atoms with E-state index in [9.17, 15) is 10.1 Å². The van der Waals surface area contributed by atoms with Gasteiger partial charge in [0.05, 0.1) is 11.3 Å². The summed E-state index contributed by atoms with van der Waals surface area (Å²) in [7, 11) is 0. The molecule has 0 saturated carbocycles. The van der Waals surface area contributed by atoms with E-state index >= 15 is 0 Å². The van der Waals surface area contributed by atoms with E-state index in [0.717, 1.165) is 42.6 Å². The normalized spacial score (nSPS) is 13.0. The highest BCUT2D eigenvalue weighted by Gasteiger charge is 2.26. The van der Waals surface area contributed by atoms with Crippen molar-refractivity contribution in [1.82, 2.24) is 24.8 Å². The number of benzene rings is 1. The first-order valence-electron chi connectivity index (χ1n) is 9.63. The van der Waals surface area contributed by atoms with Crippen molar-refractivity contribution in [2.24, 2.45) is 0 Å². The van der Waals surface area contributed by atoms with Crippen LogP contribution in [0.1, 0.15) is 36.6 Å². The Labute approximate surface area is 172 Å². The summed E-state index contributed by atoms with van der Waals surface area (Å²) >= 11 is 1.28. The number of aromatic nitrogens is 5. The number of tetrazole rings is 1. The molecule has 9 heteroatoms. The zero-order valence-electron chi connectivity index (χ0n) is 16.1. The van der Waals surface area contributed by atoms with Crippen LogP contribution in [0.2, 0.25) is 0 Å². The first-order chi connectivity index (χ1) is 14.2. The van der Waals surface area contributed by atoms with E-state index in [-0.39, 0.29) is 11.7 Å². The predicted octanol–water partition coefficient (Wildman–Crippen LogP) is 2.96. The number of thioether (sulfide) groups is 1. The lowest BCUT2D eigenvalue weighted by Crippen LogP contribution is -2.18. The Morgan fingerprint density at radius 2 is 2.07 bits per heavy atom. The van der Waals surface area contributed by atoms with Crippen LogP contribution in [0.3, 0.4) is 0 Å². The lowest BCUT2D eigenvalue weighted by molar-refractivity contribution is -0.113. The van der Waals surface area contributed by atoms with Crippen LogP contribution in [0.4, 0.5) is 5.82 Å². The third-order valence-corrected chi connectivity index (χ3v) is 5.94. The predicted molar refractivity (Wildman–Crippen MR) is 110 cm³/mol. The van der Waals surface area contributed by atoms with Crippen molar-refractivity contribution in [3.05, 3.63) is 47.2 Å². The third-order valence-electron chi connectivity index (χ3n) is 4.99. The Kier molecular flexibility index (Phi) is 5.62. The smallest absolute Gasteiger partial charge is 0.236 e. The standard InChI is InChI=1S/C20H21N7OS/c1-2-26-20(23-24-25-26)29-13-18(28)22-19-16(12-21)15-10-6-7-11-17(15)27(19)14-8-4-3-5-9-14/h3-5,8-9H,2,6-7,10-11,13H2,1H3,(H,22,28). The van der Waals surface area contributed by atoms with Crippen molar-refractivity contribution in [3.8, 4) is 11.8 Å². The Bertz CT molecular complexity index is 1060. The second kappa shape index (κ2) is 8.49. The van der Waals surface area contributed by atoms with Gasteiger partial charge in [-0.1, -0.05) is 30.0 Å². The zero-order chi connectivity index (χ0) is 20.2. The quantitative estimate of drug-likeness (QED) is 0.631. The van der Waals surface area contributed by atoms with E-state index in [1.807, 2.05) is 41.8 Å². The molecule has 1 aliphatic rings. The molecule has 0 radical (unpaired) electrons. The molecule has 1 amide bonds. The Balaban J connectivity index is 1.65. The number of amides is 1. The minimum atomic E-state index is -0.191. The average molecular weight is 408 g/mol. The Morgan fingerprint density at radius 1 is 1.28 bits per heavy atom. The van der Waals surface area contributed by atoms with E-state index in [0.29, 0.717) is 23.1 Å². The lowest BCUT2D eigenvalue weighted by Gasteiger charge is -2.17. The molecule has 4 rings (SSSR count). The molecule has 2 aromatic heterocycles. The monoisotopic (exact) mass is 407 g/mol. The fraction of sp³-hybridized carbons (Fsp3) is 0.350. The van der Waals surface area contributed by atoms with Crippen LogP contribution >= 0.6 is 11.8 Å². The van der Waals surface area contributed by atoms with Crippen molar-refractivity contribution in [1.29, 1.82) is 5.26 Å². The van der Waals surface area contributed by atoms with E-state index < -0.39 is 0 Å². The summed E-state index contributed by atoms with van der Waals surface area (Å²) in [5.41, 5.74) is 3.70. The second-order valence-electron chi connectivity index (χ2n) is 6.75. The van der Waals surface area contributed by atoms with Crippen molar-refractivity contribution in [2.75, 3.05) is 11.1 Å². The number of carbonyl (C=O) groups is 1. The summed E-state index contributed by atoms with van der Waals surface area (Å²) in [5.74, 6) is 0.533. The molecule has 0 fully saturated rings. The summed E-state index contributed by atoms with van der Waals surface area (Å²) in [4.78, 5) is 12.7. The summed E-state index contributed by atoms with van der Waals surface area (Å²) in [6, 6.07) is 12.2. The van der Waals surface area contributed by atoms with Gasteiger partial charge >= 0.3 is 0 Å². The number of nitriles is 1. The highest BCUT2D eigenvalue weighted by atomic mass is 32.2. The highest BCUT2D eigenvalue weighted by Crippen LogP contribution is 2.35. The van der Waals surface area contributed by atoms with Gasteiger partial charge in [0.1, 0.15) is 11.9 Å². The number of hydrogen-bond donors (Lipinski definition) is 1. The van der Waals surface area contributed by atoms with Crippen LogP contribution < -0.4 is 5.32 Å². The fourth-order valence-electron chi connectivity index (χ4n) is 3.69. The van der Waals surface area contributed by atoms with Crippen LogP contribution in [0, 0.1) is 11.3 Å². The molecule has 8 nitrogen and oxygen atoms in total. The molecule has 1 N–H and O–H groups in total. The maximum absolute atomic E-state index is 12.7. The van der Waals surface area contributed by atoms with Crippen molar-refractivity contribution in [3.63, 3.8) is 0 Å². The van der Waals surface area contributed by atoms with Gasteiger partial charge < -0.3 is 5.32 Å². The molecule has 2 heterocycles. The number of nitrogens with zero attached hydrogens (tertiary/aromatic N) is 6. The van der Waals surface area contributed by atoms with Crippen LogP contribution in [-0.2, 0) is 24.2 Å². The Morgan fingerprint density at radius 3 is 2.83 bits per heavy atom. The molecular formula is C20H21N7OS. The molecule has 1 aliphatic carbocycles. The minimum absolute atomic E-state index is 0.163. The van der Waals surface area contributed by atoms with E-state index in [1.54, 1.807) is 4.68 Å². The molecular weight excluding hydrogens is 386 g/mol. The highest BCUT2D eigenvalue weighted by molar-refractivity contribution is 7.99. The molecule has 0 atom stereocenters. The molecule has 3 aromatic rings. The number of rotatable bonds is 6. The maximum atomic E-state index is 12.7. The molecule has 0 saturated heterocycles. The van der Waals surface area contributed by atoms with Gasteiger partial charge in [-0.15, -0.1) is 5.10 Å². The van der Waals surface area contributed by atoms with Crippen LogP contribution in [-0.4, -0.2) is 36.4 Å². The largest absolute Gasteiger partial charge is 0.310 e. The van der Waals surface area contributed by atoms with Crippen molar-refractivity contribution in [2.45, 2.75) is 44.3 Å². The maximum Gasteiger partial charge on any atom is 0.236 e. The first kappa shape index (κ1) is 19.2. The zero-order valence-corrected chi connectivity index (χ0v) is 16.9. The van der Waals surface area contributed by atoms with Crippen LogP contribution in [0.25, 0.3) is 5.69 Å². The molecule has 0 spiro atoms. The lowest BCUT2D eigenvalue weighted by atomic mass is 9.95. The topological polar surface area (TPSA) is 101 Å². The number of para-hydroxylation sites is 1. The SMILES string of the molecule is CCn1nnnc1SCC(=O)Nc1c(C#N)c2c(n1-c1ccccc1)CCCC2. The van der Waals surface area contributed by atoms with E-state index in [2.05, 4.69) is 26.9 Å².